The highest BCUT2D eigenvalue weighted by atomic mass is 35.5. The standard InChI is InChI=1S/C16H10Cl2F3NO/c17-11-6-7-12(13(18)8-11)15(16(19,20)21)9-14(22-23-15)10-4-2-1-3-5-10/h1-8H,9H2. The molecule has 0 aliphatic carbocycles. The highest BCUT2D eigenvalue weighted by Gasteiger charge is 2.63. The van der Waals surface area contributed by atoms with Gasteiger partial charge in [0.2, 0.25) is 0 Å². The number of benzene rings is 2. The van der Waals surface area contributed by atoms with E-state index in [0.29, 0.717) is 5.56 Å². The molecular formula is C16H10Cl2F3NO. The summed E-state index contributed by atoms with van der Waals surface area (Å²) in [5.41, 5.74) is -2.02. The molecule has 23 heavy (non-hydrogen) atoms. The van der Waals surface area contributed by atoms with Crippen molar-refractivity contribution in [2.75, 3.05) is 0 Å². The lowest BCUT2D eigenvalue weighted by Gasteiger charge is -2.30. The fraction of sp³-hybridized carbons (Fsp3) is 0.188. The average Bonchev–Trinajstić information content (AvgIpc) is 2.94. The van der Waals surface area contributed by atoms with E-state index in [1.54, 1.807) is 30.3 Å². The van der Waals surface area contributed by atoms with Crippen LogP contribution in [0.2, 0.25) is 10.0 Å². The number of nitrogens with zero attached hydrogens (tertiary/aromatic N) is 1. The van der Waals surface area contributed by atoms with Gasteiger partial charge in [0, 0.05) is 15.6 Å². The normalized spacial score (nSPS) is 21.0. The Labute approximate surface area is 140 Å². The van der Waals surface area contributed by atoms with Crippen LogP contribution in [0.25, 0.3) is 0 Å². The van der Waals surface area contributed by atoms with E-state index in [2.05, 4.69) is 5.16 Å². The van der Waals surface area contributed by atoms with Crippen LogP contribution in [0, 0.1) is 0 Å². The Morgan fingerprint density at radius 3 is 2.35 bits per heavy atom. The topological polar surface area (TPSA) is 21.6 Å². The van der Waals surface area contributed by atoms with Gasteiger partial charge in [0.25, 0.3) is 5.60 Å². The summed E-state index contributed by atoms with van der Waals surface area (Å²) in [4.78, 5) is 4.91. The summed E-state index contributed by atoms with van der Waals surface area (Å²) in [6.45, 7) is 0. The van der Waals surface area contributed by atoms with Crippen molar-refractivity contribution in [2.45, 2.75) is 18.2 Å². The minimum Gasteiger partial charge on any atom is -0.374 e. The summed E-state index contributed by atoms with van der Waals surface area (Å²) < 4.78 is 41.3. The van der Waals surface area contributed by atoms with Crippen molar-refractivity contribution >= 4 is 28.9 Å². The predicted molar refractivity (Wildman–Crippen MR) is 82.9 cm³/mol. The lowest BCUT2D eigenvalue weighted by Crippen LogP contribution is -2.43. The molecule has 1 heterocycles. The SMILES string of the molecule is FC(F)(F)C1(c2ccc(Cl)cc2Cl)CC(c2ccccc2)=NO1. The molecule has 0 N–H and O–H groups in total. The molecule has 3 rings (SSSR count). The lowest BCUT2D eigenvalue weighted by atomic mass is 9.86. The van der Waals surface area contributed by atoms with Crippen molar-refractivity contribution in [3.63, 3.8) is 0 Å². The quantitative estimate of drug-likeness (QED) is 0.686. The van der Waals surface area contributed by atoms with E-state index in [9.17, 15) is 13.2 Å². The molecule has 120 valence electrons. The van der Waals surface area contributed by atoms with Gasteiger partial charge in [-0.25, -0.2) is 0 Å². The first-order chi connectivity index (χ1) is 10.8. The highest BCUT2D eigenvalue weighted by Crippen LogP contribution is 2.50. The van der Waals surface area contributed by atoms with Gasteiger partial charge in [-0.3, -0.25) is 0 Å². The van der Waals surface area contributed by atoms with Crippen LogP contribution in [0.4, 0.5) is 13.2 Å². The Balaban J connectivity index is 2.05. The van der Waals surface area contributed by atoms with Crippen LogP contribution >= 0.6 is 23.2 Å². The van der Waals surface area contributed by atoms with Crippen molar-refractivity contribution in [2.24, 2.45) is 5.16 Å². The summed E-state index contributed by atoms with van der Waals surface area (Å²) in [7, 11) is 0. The molecule has 0 fully saturated rings. The molecular weight excluding hydrogens is 350 g/mol. The number of rotatable bonds is 2. The van der Waals surface area contributed by atoms with Gasteiger partial charge in [0.05, 0.1) is 12.1 Å². The maximum atomic E-state index is 13.8. The Hall–Kier alpha value is -1.72. The molecule has 1 unspecified atom stereocenters. The van der Waals surface area contributed by atoms with Gasteiger partial charge in [-0.15, -0.1) is 0 Å². The Morgan fingerprint density at radius 2 is 1.74 bits per heavy atom. The van der Waals surface area contributed by atoms with E-state index in [4.69, 9.17) is 28.0 Å². The zero-order chi connectivity index (χ0) is 16.7. The maximum absolute atomic E-state index is 13.8. The first-order valence-corrected chi connectivity index (χ1v) is 7.42. The first-order valence-electron chi connectivity index (χ1n) is 6.66. The van der Waals surface area contributed by atoms with Gasteiger partial charge in [0.1, 0.15) is 0 Å². The molecule has 0 aromatic heterocycles. The van der Waals surface area contributed by atoms with Gasteiger partial charge in [-0.05, 0) is 17.7 Å². The average molecular weight is 360 g/mol. The van der Waals surface area contributed by atoms with Gasteiger partial charge in [0.15, 0.2) is 0 Å². The molecule has 7 heteroatoms. The smallest absolute Gasteiger partial charge is 0.374 e. The Bertz CT molecular complexity index is 762. The van der Waals surface area contributed by atoms with Crippen LogP contribution in [0.1, 0.15) is 17.5 Å². The third-order valence-electron chi connectivity index (χ3n) is 3.66. The fourth-order valence-electron chi connectivity index (χ4n) is 2.48. The zero-order valence-corrected chi connectivity index (χ0v) is 13.1. The molecule has 0 bridgehead atoms. The summed E-state index contributed by atoms with van der Waals surface area (Å²) in [6.07, 6.45) is -5.15. The Morgan fingerprint density at radius 1 is 1.04 bits per heavy atom. The molecule has 2 nitrogen and oxygen atoms in total. The fourth-order valence-corrected chi connectivity index (χ4v) is 3.05. The molecule has 2 aromatic rings. The van der Waals surface area contributed by atoms with Gasteiger partial charge in [-0.2, -0.15) is 13.2 Å². The zero-order valence-electron chi connectivity index (χ0n) is 11.6. The molecule has 2 aromatic carbocycles. The maximum Gasteiger partial charge on any atom is 0.435 e. The second-order valence-electron chi connectivity index (χ2n) is 5.12. The van der Waals surface area contributed by atoms with Gasteiger partial charge >= 0.3 is 6.18 Å². The van der Waals surface area contributed by atoms with Crippen LogP contribution in [0.3, 0.4) is 0 Å². The molecule has 0 radical (unpaired) electrons. The minimum absolute atomic E-state index is 0.112. The largest absolute Gasteiger partial charge is 0.435 e. The lowest BCUT2D eigenvalue weighted by molar-refractivity contribution is -0.275. The Kier molecular flexibility index (Phi) is 4.02. The van der Waals surface area contributed by atoms with Crippen molar-refractivity contribution < 1.29 is 18.0 Å². The monoisotopic (exact) mass is 359 g/mol. The number of halogens is 5. The number of hydrogen-bond acceptors (Lipinski definition) is 2. The van der Waals surface area contributed by atoms with E-state index in [1.165, 1.54) is 18.2 Å². The number of alkyl halides is 3. The van der Waals surface area contributed by atoms with Crippen molar-refractivity contribution in [3.05, 3.63) is 69.7 Å². The van der Waals surface area contributed by atoms with Crippen LogP contribution < -0.4 is 0 Å². The van der Waals surface area contributed by atoms with Crippen LogP contribution in [-0.2, 0) is 10.4 Å². The van der Waals surface area contributed by atoms with Crippen LogP contribution in [0.5, 0.6) is 0 Å². The minimum atomic E-state index is -4.69. The van der Waals surface area contributed by atoms with E-state index < -0.39 is 18.2 Å². The predicted octanol–water partition coefficient (Wildman–Crippen LogP) is 5.58. The van der Waals surface area contributed by atoms with E-state index in [1.807, 2.05) is 0 Å². The van der Waals surface area contributed by atoms with E-state index >= 15 is 0 Å². The molecule has 0 amide bonds. The third kappa shape index (κ3) is 2.79. The summed E-state index contributed by atoms with van der Waals surface area (Å²) in [5, 5.41) is 3.81. The van der Waals surface area contributed by atoms with Crippen LogP contribution in [0.15, 0.2) is 53.7 Å². The van der Waals surface area contributed by atoms with Gasteiger partial charge in [-0.1, -0.05) is 64.8 Å². The number of oxime groups is 1. The highest BCUT2D eigenvalue weighted by molar-refractivity contribution is 6.35. The van der Waals surface area contributed by atoms with Gasteiger partial charge < -0.3 is 4.84 Å². The van der Waals surface area contributed by atoms with Crippen LogP contribution in [-0.4, -0.2) is 11.9 Å². The molecule has 0 saturated carbocycles. The second kappa shape index (κ2) is 5.73. The third-order valence-corrected chi connectivity index (χ3v) is 4.21. The second-order valence-corrected chi connectivity index (χ2v) is 5.96. The summed E-state index contributed by atoms with van der Waals surface area (Å²) in [6, 6.07) is 12.4. The molecule has 1 aliphatic rings. The first kappa shape index (κ1) is 16.1. The van der Waals surface area contributed by atoms with E-state index in [0.717, 1.165) is 0 Å². The molecule has 0 saturated heterocycles. The molecule has 1 aliphatic heterocycles. The summed E-state index contributed by atoms with van der Waals surface area (Å²) in [5.74, 6) is 0. The molecule has 0 spiro atoms. The van der Waals surface area contributed by atoms with E-state index in [-0.39, 0.29) is 21.3 Å². The van der Waals surface area contributed by atoms with Crippen molar-refractivity contribution in [3.8, 4) is 0 Å². The molecule has 1 atom stereocenters. The number of hydrogen-bond donors (Lipinski definition) is 0. The van der Waals surface area contributed by atoms with Crippen molar-refractivity contribution in [1.29, 1.82) is 0 Å². The van der Waals surface area contributed by atoms with Crippen molar-refractivity contribution in [1.82, 2.24) is 0 Å². The summed E-state index contributed by atoms with van der Waals surface area (Å²) >= 11 is 11.8.